The molecule has 11 nitrogen and oxygen atoms in total. The normalized spacial score (nSPS) is 17.6. The highest BCUT2D eigenvalue weighted by Gasteiger charge is 2.29. The van der Waals surface area contributed by atoms with Crippen molar-refractivity contribution in [3.63, 3.8) is 0 Å². The summed E-state index contributed by atoms with van der Waals surface area (Å²) in [5, 5.41) is 12.9. The Kier molecular flexibility index (Phi) is 8.05. The molecule has 0 unspecified atom stereocenters. The van der Waals surface area contributed by atoms with Gasteiger partial charge < -0.3 is 25.2 Å². The average molecular weight is 625 g/mol. The second kappa shape index (κ2) is 11.9. The van der Waals surface area contributed by atoms with Crippen LogP contribution in [0.2, 0.25) is 0 Å². The topological polar surface area (TPSA) is 137 Å². The number of carbonyl (C=O) groups excluding carboxylic acids is 2. The molecule has 0 bridgehead atoms. The highest BCUT2D eigenvalue weighted by Crippen LogP contribution is 2.32. The van der Waals surface area contributed by atoms with Gasteiger partial charge in [0.05, 0.1) is 32.2 Å². The fraction of sp³-hybridized carbons (Fsp3) is 0.300. The van der Waals surface area contributed by atoms with Crippen LogP contribution in [0.1, 0.15) is 23.2 Å². The second-order valence-electron chi connectivity index (χ2n) is 10.8. The minimum Gasteiger partial charge on any atom is -0.368 e. The smallest absolute Gasteiger partial charge is 0.261 e. The summed E-state index contributed by atoms with van der Waals surface area (Å²) in [6.07, 6.45) is 0.740. The predicted molar refractivity (Wildman–Crippen MR) is 160 cm³/mol. The maximum atomic E-state index is 14.0. The zero-order chi connectivity index (χ0) is 31.0. The average Bonchev–Trinajstić information content (AvgIpc) is 3.68. The van der Waals surface area contributed by atoms with Crippen LogP contribution >= 0.6 is 0 Å². The number of benzene rings is 3. The molecule has 0 saturated carbocycles. The SMILES string of the molecule is CN1CCN(c2cccc(NC(=O)[C@H]3CCCO3)c2C(=O)Nc2n[nH]c3ccc(S(=O)(=O)c4cc(F)cc(F)c4)cc23)CC1. The van der Waals surface area contributed by atoms with Crippen LogP contribution in [0.3, 0.4) is 0 Å². The lowest BCUT2D eigenvalue weighted by Crippen LogP contribution is -2.45. The molecule has 1 atom stereocenters. The van der Waals surface area contributed by atoms with Gasteiger partial charge in [-0.1, -0.05) is 6.07 Å². The number of aromatic amines is 1. The van der Waals surface area contributed by atoms with Crippen molar-refractivity contribution < 1.29 is 31.5 Å². The highest BCUT2D eigenvalue weighted by atomic mass is 32.2. The van der Waals surface area contributed by atoms with Crippen LogP contribution in [0.5, 0.6) is 0 Å². The van der Waals surface area contributed by atoms with Gasteiger partial charge in [-0.05, 0) is 62.4 Å². The standard InChI is InChI=1S/C30H30F2N6O5S/c1-37-9-11-38(12-10-37)25-5-2-4-24(33-29(39)26-6-3-13-43-26)27(25)30(40)34-28-22-17-20(7-8-23(22)35-36-28)44(41,42)21-15-18(31)14-19(32)16-21/h2,4-5,7-8,14-17,26H,3,6,9-13H2,1H3,(H,33,39)(H2,34,35,36,40)/t26-/m1/s1. The number of H-pyrrole nitrogens is 1. The third kappa shape index (κ3) is 5.87. The summed E-state index contributed by atoms with van der Waals surface area (Å²) in [6.45, 7) is 3.37. The van der Waals surface area contributed by atoms with E-state index in [9.17, 15) is 26.8 Å². The zero-order valence-electron chi connectivity index (χ0n) is 23.8. The molecule has 0 radical (unpaired) electrons. The second-order valence-corrected chi connectivity index (χ2v) is 12.8. The molecule has 0 aliphatic carbocycles. The number of nitrogens with zero attached hydrogens (tertiary/aromatic N) is 3. The van der Waals surface area contributed by atoms with E-state index in [1.54, 1.807) is 12.1 Å². The van der Waals surface area contributed by atoms with Crippen molar-refractivity contribution in [2.75, 3.05) is 55.4 Å². The number of hydrogen-bond acceptors (Lipinski definition) is 8. The van der Waals surface area contributed by atoms with Gasteiger partial charge in [0, 0.05) is 44.2 Å². The molecule has 2 saturated heterocycles. The number of ether oxygens (including phenoxy) is 1. The van der Waals surface area contributed by atoms with Crippen molar-refractivity contribution in [3.8, 4) is 0 Å². The number of halogens is 2. The van der Waals surface area contributed by atoms with Crippen LogP contribution in [0, 0.1) is 11.6 Å². The maximum Gasteiger partial charge on any atom is 0.261 e. The number of fused-ring (bicyclic) bond motifs is 1. The first kappa shape index (κ1) is 29.7. The number of anilines is 3. The minimum absolute atomic E-state index is 0.0389. The van der Waals surface area contributed by atoms with E-state index in [2.05, 4.69) is 30.6 Å². The molecule has 14 heteroatoms. The summed E-state index contributed by atoms with van der Waals surface area (Å²) < 4.78 is 59.7. The summed E-state index contributed by atoms with van der Waals surface area (Å²) in [7, 11) is -2.29. The van der Waals surface area contributed by atoms with E-state index < -0.39 is 38.4 Å². The molecule has 3 aromatic carbocycles. The quantitative estimate of drug-likeness (QED) is 0.283. The van der Waals surface area contributed by atoms with Crippen LogP contribution in [0.25, 0.3) is 10.9 Å². The Morgan fingerprint density at radius 1 is 0.977 bits per heavy atom. The molecule has 44 heavy (non-hydrogen) atoms. The van der Waals surface area contributed by atoms with E-state index in [0.717, 1.165) is 31.6 Å². The molecule has 6 rings (SSSR count). The summed E-state index contributed by atoms with van der Waals surface area (Å²) in [6, 6.07) is 11.3. The fourth-order valence-corrected chi connectivity index (χ4v) is 6.76. The Morgan fingerprint density at radius 2 is 1.73 bits per heavy atom. The molecule has 3 N–H and O–H groups in total. The molecule has 3 heterocycles. The van der Waals surface area contributed by atoms with Crippen LogP contribution in [0.15, 0.2) is 64.4 Å². The van der Waals surface area contributed by atoms with Crippen molar-refractivity contribution in [2.24, 2.45) is 0 Å². The maximum absolute atomic E-state index is 14.0. The lowest BCUT2D eigenvalue weighted by atomic mass is 10.1. The molecule has 0 spiro atoms. The van der Waals surface area contributed by atoms with Crippen molar-refractivity contribution in [3.05, 3.63) is 71.8 Å². The van der Waals surface area contributed by atoms with Gasteiger partial charge >= 0.3 is 0 Å². The summed E-state index contributed by atoms with van der Waals surface area (Å²) >= 11 is 0. The number of amides is 2. The molecule has 2 aliphatic rings. The van der Waals surface area contributed by atoms with E-state index in [0.29, 0.717) is 49.1 Å². The third-order valence-electron chi connectivity index (χ3n) is 7.82. The first-order valence-corrected chi connectivity index (χ1v) is 15.6. The van der Waals surface area contributed by atoms with Gasteiger partial charge in [0.2, 0.25) is 9.84 Å². The van der Waals surface area contributed by atoms with Gasteiger partial charge in [-0.15, -0.1) is 0 Å². The van der Waals surface area contributed by atoms with Crippen molar-refractivity contribution in [1.82, 2.24) is 15.1 Å². The molecular formula is C30H30F2N6O5S. The van der Waals surface area contributed by atoms with E-state index in [1.807, 2.05) is 13.1 Å². The molecule has 2 amide bonds. The fourth-order valence-electron chi connectivity index (χ4n) is 5.44. The van der Waals surface area contributed by atoms with Crippen molar-refractivity contribution >= 4 is 49.7 Å². The molecule has 2 aliphatic heterocycles. The monoisotopic (exact) mass is 624 g/mol. The molecule has 1 aromatic heterocycles. The zero-order valence-corrected chi connectivity index (χ0v) is 24.6. The van der Waals surface area contributed by atoms with Crippen LogP contribution in [-0.4, -0.2) is 81.3 Å². The number of piperazine rings is 1. The predicted octanol–water partition coefficient (Wildman–Crippen LogP) is 3.80. The van der Waals surface area contributed by atoms with Crippen LogP contribution in [-0.2, 0) is 19.4 Å². The largest absolute Gasteiger partial charge is 0.368 e. The van der Waals surface area contributed by atoms with E-state index in [1.165, 1.54) is 18.2 Å². The van der Waals surface area contributed by atoms with Crippen LogP contribution in [0.4, 0.5) is 26.0 Å². The van der Waals surface area contributed by atoms with Gasteiger partial charge in [-0.2, -0.15) is 5.10 Å². The first-order valence-electron chi connectivity index (χ1n) is 14.1. The Morgan fingerprint density at radius 3 is 2.43 bits per heavy atom. The lowest BCUT2D eigenvalue weighted by molar-refractivity contribution is -0.124. The Bertz CT molecular complexity index is 1830. The van der Waals surface area contributed by atoms with Gasteiger partial charge in [0.25, 0.3) is 11.8 Å². The third-order valence-corrected chi connectivity index (χ3v) is 9.55. The number of likely N-dealkylation sites (N-methyl/N-ethyl adjacent to an activating group) is 1. The summed E-state index contributed by atoms with van der Waals surface area (Å²) in [5.41, 5.74) is 1.56. The Hall–Kier alpha value is -4.40. The Balaban J connectivity index is 1.35. The van der Waals surface area contributed by atoms with Gasteiger partial charge in [-0.3, -0.25) is 14.7 Å². The molecule has 2 fully saturated rings. The lowest BCUT2D eigenvalue weighted by Gasteiger charge is -2.35. The van der Waals surface area contributed by atoms with Crippen molar-refractivity contribution in [2.45, 2.75) is 28.7 Å². The van der Waals surface area contributed by atoms with Gasteiger partial charge in [0.1, 0.15) is 17.7 Å². The number of sulfone groups is 1. The molecule has 230 valence electrons. The minimum atomic E-state index is -4.31. The van der Waals surface area contributed by atoms with E-state index >= 15 is 0 Å². The summed E-state index contributed by atoms with van der Waals surface area (Å²) in [4.78, 5) is 30.5. The number of aromatic nitrogens is 2. The van der Waals surface area contributed by atoms with Gasteiger partial charge in [0.15, 0.2) is 5.82 Å². The van der Waals surface area contributed by atoms with Crippen molar-refractivity contribution in [1.29, 1.82) is 0 Å². The van der Waals surface area contributed by atoms with Gasteiger partial charge in [-0.25, -0.2) is 17.2 Å². The summed E-state index contributed by atoms with van der Waals surface area (Å²) in [5.74, 6) is -2.93. The van der Waals surface area contributed by atoms with E-state index in [-0.39, 0.29) is 27.6 Å². The molecular weight excluding hydrogens is 594 g/mol. The number of carbonyl (C=O) groups is 2. The molecule has 4 aromatic rings. The van der Waals surface area contributed by atoms with Crippen LogP contribution < -0.4 is 15.5 Å². The Labute approximate surface area is 252 Å². The number of nitrogens with one attached hydrogen (secondary N) is 3. The highest BCUT2D eigenvalue weighted by molar-refractivity contribution is 7.91. The van der Waals surface area contributed by atoms with E-state index in [4.69, 9.17) is 4.74 Å². The first-order chi connectivity index (χ1) is 21.1. The number of hydrogen-bond donors (Lipinski definition) is 3. The number of rotatable bonds is 7.